The van der Waals surface area contributed by atoms with Crippen molar-refractivity contribution >= 4 is 16.9 Å². The third-order valence-electron chi connectivity index (χ3n) is 4.31. The van der Waals surface area contributed by atoms with Crippen molar-refractivity contribution in [2.45, 2.75) is 12.5 Å². The first-order valence-electron chi connectivity index (χ1n) is 8.74. The summed E-state index contributed by atoms with van der Waals surface area (Å²) >= 11 is 0. The highest BCUT2D eigenvalue weighted by molar-refractivity contribution is 5.84. The summed E-state index contributed by atoms with van der Waals surface area (Å²) in [5.74, 6) is 1.36. The molecule has 1 heterocycles. The van der Waals surface area contributed by atoms with E-state index in [9.17, 15) is 4.79 Å². The van der Waals surface area contributed by atoms with Gasteiger partial charge < -0.3 is 29.6 Å². The number of carbonyl (C=O) groups is 1. The van der Waals surface area contributed by atoms with Crippen molar-refractivity contribution < 1.29 is 24.1 Å². The molecule has 3 aromatic rings. The number of aliphatic carboxylic acids is 1. The van der Waals surface area contributed by atoms with Gasteiger partial charge in [0.25, 0.3) is 0 Å². The Labute approximate surface area is 164 Å². The smallest absolute Gasteiger partial charge is 0.321 e. The number of hydrogen-bond donors (Lipinski definition) is 3. The number of carboxylic acid groups (broad SMARTS) is 1. The molecule has 3 N–H and O–H groups in total. The van der Waals surface area contributed by atoms with Gasteiger partial charge in [0.1, 0.15) is 23.3 Å². The van der Waals surface area contributed by atoms with Gasteiger partial charge in [0, 0.05) is 41.7 Å². The molecule has 150 valence electrons. The molecule has 7 heteroatoms. The highest BCUT2D eigenvalue weighted by Gasteiger charge is 2.17. The van der Waals surface area contributed by atoms with Crippen molar-refractivity contribution in [1.82, 2.24) is 10.3 Å². The lowest BCUT2D eigenvalue weighted by atomic mass is 10.1. The zero-order valence-electron chi connectivity index (χ0n) is 16.5. The summed E-state index contributed by atoms with van der Waals surface area (Å²) in [4.78, 5) is 14.1. The van der Waals surface area contributed by atoms with Crippen LogP contribution in [0.25, 0.3) is 10.9 Å². The Morgan fingerprint density at radius 3 is 2.04 bits per heavy atom. The number of fused-ring (bicyclic) bond motifs is 1. The SMILES string of the molecule is CNC(Cc1c[nH]c2ccccc12)C(=O)O.COc1cc(OC)cc(OC)c1. The lowest BCUT2D eigenvalue weighted by Gasteiger charge is -2.09. The lowest BCUT2D eigenvalue weighted by molar-refractivity contribution is -0.139. The molecule has 0 saturated heterocycles. The van der Waals surface area contributed by atoms with Gasteiger partial charge in [-0.25, -0.2) is 0 Å². The second-order valence-corrected chi connectivity index (χ2v) is 6.00. The molecule has 1 aromatic heterocycles. The van der Waals surface area contributed by atoms with E-state index in [1.54, 1.807) is 46.6 Å². The van der Waals surface area contributed by atoms with Crippen LogP contribution in [0.15, 0.2) is 48.7 Å². The molecular weight excluding hydrogens is 360 g/mol. The van der Waals surface area contributed by atoms with Gasteiger partial charge in [0.15, 0.2) is 0 Å². The van der Waals surface area contributed by atoms with Gasteiger partial charge in [0.2, 0.25) is 0 Å². The van der Waals surface area contributed by atoms with Crippen molar-refractivity contribution in [1.29, 1.82) is 0 Å². The van der Waals surface area contributed by atoms with Crippen LogP contribution >= 0.6 is 0 Å². The second kappa shape index (κ2) is 10.2. The molecule has 0 fully saturated rings. The largest absolute Gasteiger partial charge is 0.496 e. The third kappa shape index (κ3) is 5.40. The van der Waals surface area contributed by atoms with E-state index in [-0.39, 0.29) is 0 Å². The summed E-state index contributed by atoms with van der Waals surface area (Å²) in [6.45, 7) is 0. The van der Waals surface area contributed by atoms with Crippen molar-refractivity contribution in [2.75, 3.05) is 28.4 Å². The molecule has 0 aliphatic heterocycles. The molecule has 0 amide bonds. The Balaban J connectivity index is 0.000000209. The van der Waals surface area contributed by atoms with Gasteiger partial charge in [-0.3, -0.25) is 4.79 Å². The molecule has 0 radical (unpaired) electrons. The molecule has 3 rings (SSSR count). The number of likely N-dealkylation sites (N-methyl/N-ethyl adjacent to an activating group) is 1. The number of benzene rings is 2. The molecule has 0 spiro atoms. The Morgan fingerprint density at radius 1 is 1.04 bits per heavy atom. The fourth-order valence-corrected chi connectivity index (χ4v) is 2.73. The van der Waals surface area contributed by atoms with Gasteiger partial charge in [0.05, 0.1) is 21.3 Å². The number of ether oxygens (including phenoxy) is 3. The van der Waals surface area contributed by atoms with Crippen molar-refractivity contribution in [3.8, 4) is 17.2 Å². The third-order valence-corrected chi connectivity index (χ3v) is 4.31. The van der Waals surface area contributed by atoms with E-state index in [0.29, 0.717) is 6.42 Å². The van der Waals surface area contributed by atoms with Gasteiger partial charge in [-0.1, -0.05) is 18.2 Å². The fourth-order valence-electron chi connectivity index (χ4n) is 2.73. The monoisotopic (exact) mass is 386 g/mol. The number of H-pyrrole nitrogens is 1. The van der Waals surface area contributed by atoms with Crippen LogP contribution < -0.4 is 19.5 Å². The normalized spacial score (nSPS) is 11.3. The summed E-state index contributed by atoms with van der Waals surface area (Å²) in [6, 6.07) is 12.7. The van der Waals surface area contributed by atoms with Crippen molar-refractivity contribution in [3.05, 3.63) is 54.2 Å². The minimum atomic E-state index is -0.826. The topological polar surface area (TPSA) is 92.8 Å². The van der Waals surface area contributed by atoms with Gasteiger partial charge in [-0.05, 0) is 18.7 Å². The number of aromatic amines is 1. The summed E-state index contributed by atoms with van der Waals surface area (Å²) in [5.41, 5.74) is 2.06. The van der Waals surface area contributed by atoms with E-state index >= 15 is 0 Å². The Bertz CT molecular complexity index is 851. The van der Waals surface area contributed by atoms with Gasteiger partial charge in [-0.2, -0.15) is 0 Å². The maximum atomic E-state index is 10.9. The summed E-state index contributed by atoms with van der Waals surface area (Å²) in [7, 11) is 6.48. The summed E-state index contributed by atoms with van der Waals surface area (Å²) in [5, 5.41) is 12.8. The number of hydrogen-bond acceptors (Lipinski definition) is 5. The number of nitrogens with one attached hydrogen (secondary N) is 2. The summed E-state index contributed by atoms with van der Waals surface area (Å²) in [6.07, 6.45) is 2.35. The Hall–Kier alpha value is -3.19. The fraction of sp³-hybridized carbons (Fsp3) is 0.286. The first-order valence-corrected chi connectivity index (χ1v) is 8.74. The van der Waals surface area contributed by atoms with Crippen LogP contribution in [0.2, 0.25) is 0 Å². The van der Waals surface area contributed by atoms with Crippen molar-refractivity contribution in [2.24, 2.45) is 0 Å². The van der Waals surface area contributed by atoms with E-state index in [0.717, 1.165) is 33.7 Å². The van der Waals surface area contributed by atoms with E-state index in [1.807, 2.05) is 30.5 Å². The summed E-state index contributed by atoms with van der Waals surface area (Å²) < 4.78 is 15.1. The maximum absolute atomic E-state index is 10.9. The molecule has 0 aliphatic carbocycles. The van der Waals surface area contributed by atoms with Crippen LogP contribution in [0.1, 0.15) is 5.56 Å². The second-order valence-electron chi connectivity index (χ2n) is 6.00. The predicted octanol–water partition coefficient (Wildman–Crippen LogP) is 3.10. The van der Waals surface area contributed by atoms with Crippen LogP contribution in [0, 0.1) is 0 Å². The highest BCUT2D eigenvalue weighted by atomic mass is 16.5. The zero-order valence-corrected chi connectivity index (χ0v) is 16.5. The molecule has 2 aromatic carbocycles. The lowest BCUT2D eigenvalue weighted by Crippen LogP contribution is -2.35. The number of aromatic nitrogens is 1. The van der Waals surface area contributed by atoms with E-state index in [1.165, 1.54) is 0 Å². The standard InChI is InChI=1S/C12H14N2O2.C9H12O3/c1-13-11(12(15)16)6-8-7-14-10-5-3-2-4-9(8)10;1-10-7-4-8(11-2)6-9(5-7)12-3/h2-5,7,11,13-14H,6H2,1H3,(H,15,16);4-6H,1-3H3. The average Bonchev–Trinajstić information content (AvgIpc) is 3.14. The zero-order chi connectivity index (χ0) is 20.5. The van der Waals surface area contributed by atoms with Crippen LogP contribution in [0.4, 0.5) is 0 Å². The van der Waals surface area contributed by atoms with Crippen LogP contribution in [0.3, 0.4) is 0 Å². The first kappa shape index (κ1) is 21.1. The molecule has 1 unspecified atom stereocenters. The molecule has 0 aliphatic rings. The molecule has 0 bridgehead atoms. The minimum Gasteiger partial charge on any atom is -0.496 e. The minimum absolute atomic E-state index is 0.482. The number of rotatable bonds is 7. The van der Waals surface area contributed by atoms with Gasteiger partial charge >= 0.3 is 5.97 Å². The number of carboxylic acids is 1. The number of para-hydroxylation sites is 1. The molecule has 1 atom stereocenters. The molecule has 28 heavy (non-hydrogen) atoms. The Kier molecular flexibility index (Phi) is 7.71. The predicted molar refractivity (Wildman–Crippen MR) is 109 cm³/mol. The first-order chi connectivity index (χ1) is 13.5. The average molecular weight is 386 g/mol. The van der Waals surface area contributed by atoms with E-state index in [2.05, 4.69) is 10.3 Å². The molecule has 7 nitrogen and oxygen atoms in total. The van der Waals surface area contributed by atoms with E-state index < -0.39 is 12.0 Å². The molecular formula is C21H26N2O5. The van der Waals surface area contributed by atoms with Crippen LogP contribution in [0.5, 0.6) is 17.2 Å². The molecule has 0 saturated carbocycles. The van der Waals surface area contributed by atoms with Crippen LogP contribution in [-0.4, -0.2) is 50.5 Å². The quantitative estimate of drug-likeness (QED) is 0.578. The Morgan fingerprint density at radius 2 is 1.57 bits per heavy atom. The highest BCUT2D eigenvalue weighted by Crippen LogP contribution is 2.26. The van der Waals surface area contributed by atoms with Gasteiger partial charge in [-0.15, -0.1) is 0 Å². The number of methoxy groups -OCH3 is 3. The maximum Gasteiger partial charge on any atom is 0.321 e. The van der Waals surface area contributed by atoms with Crippen LogP contribution in [-0.2, 0) is 11.2 Å². The van der Waals surface area contributed by atoms with Crippen molar-refractivity contribution in [3.63, 3.8) is 0 Å². The van der Waals surface area contributed by atoms with E-state index in [4.69, 9.17) is 19.3 Å².